The standard InChI is InChI=1S/C5H9NO2/c7-5(8)4-1-2-6-3-4/h4,6H,1-3H2,(H,7,8)/t4-/m0/s1. The molecule has 0 bridgehead atoms. The minimum atomic E-state index is -0.890. The minimum absolute atomic E-state index is 0.185. The van der Waals surface area contributed by atoms with Crippen LogP contribution in [0.3, 0.4) is 0 Å². The summed E-state index contributed by atoms with van der Waals surface area (Å²) in [5, 5.41) is 12.1. The average molecular weight is 115 g/mol. The van der Waals surface area contributed by atoms with Gasteiger partial charge in [-0.15, -0.1) is 0 Å². The zero-order chi connectivity index (χ0) is 5.98. The summed E-state index contributed by atoms with van der Waals surface area (Å²) >= 11 is 0. The Morgan fingerprint density at radius 3 is 2.75 bits per heavy atom. The van der Waals surface area contributed by atoms with Crippen LogP contribution < -0.4 is 10.4 Å². The predicted octanol–water partition coefficient (Wildman–Crippen LogP) is -2.68. The second-order valence-corrected chi connectivity index (χ2v) is 2.12. The Hall–Kier alpha value is -0.570. The molecular weight excluding hydrogens is 106 g/mol. The largest absolute Gasteiger partial charge is 0.550 e. The molecule has 0 aromatic rings. The second kappa shape index (κ2) is 2.13. The molecular formula is C5H9NO2. The first-order chi connectivity index (χ1) is 3.80. The van der Waals surface area contributed by atoms with Gasteiger partial charge in [-0.3, -0.25) is 0 Å². The lowest BCUT2D eigenvalue weighted by Crippen LogP contribution is -2.81. The van der Waals surface area contributed by atoms with Gasteiger partial charge in [-0.1, -0.05) is 0 Å². The molecule has 1 fully saturated rings. The van der Waals surface area contributed by atoms with Crippen molar-refractivity contribution in [2.24, 2.45) is 5.92 Å². The molecule has 1 rings (SSSR count). The van der Waals surface area contributed by atoms with Crippen molar-refractivity contribution in [1.29, 1.82) is 0 Å². The van der Waals surface area contributed by atoms with Gasteiger partial charge in [-0.2, -0.15) is 0 Å². The summed E-state index contributed by atoms with van der Waals surface area (Å²) in [7, 11) is 0. The molecule has 0 aromatic carbocycles. The van der Waals surface area contributed by atoms with Crippen LogP contribution in [0.25, 0.3) is 0 Å². The lowest BCUT2D eigenvalue weighted by molar-refractivity contribution is -0.637. The Kier molecular flexibility index (Phi) is 1.48. The van der Waals surface area contributed by atoms with E-state index in [0.717, 1.165) is 13.0 Å². The summed E-state index contributed by atoms with van der Waals surface area (Å²) in [4.78, 5) is 10.1. The highest BCUT2D eigenvalue weighted by Crippen LogP contribution is 1.98. The van der Waals surface area contributed by atoms with Gasteiger partial charge in [0.2, 0.25) is 0 Å². The molecule has 2 N–H and O–H groups in total. The molecule has 0 unspecified atom stereocenters. The third kappa shape index (κ3) is 0.980. The Balaban J connectivity index is 2.35. The molecule has 0 saturated carbocycles. The molecule has 0 radical (unpaired) electrons. The van der Waals surface area contributed by atoms with Gasteiger partial charge >= 0.3 is 0 Å². The molecule has 1 saturated heterocycles. The summed E-state index contributed by atoms with van der Waals surface area (Å²) in [6, 6.07) is 0. The van der Waals surface area contributed by atoms with Gasteiger partial charge in [0.05, 0.1) is 25.0 Å². The first kappa shape index (κ1) is 5.56. The summed E-state index contributed by atoms with van der Waals surface area (Å²) in [6.07, 6.45) is 0.780. The average Bonchev–Trinajstić information content (AvgIpc) is 2.12. The van der Waals surface area contributed by atoms with Gasteiger partial charge in [-0.25, -0.2) is 0 Å². The van der Waals surface area contributed by atoms with E-state index in [4.69, 9.17) is 0 Å². The molecule has 3 heteroatoms. The van der Waals surface area contributed by atoms with Gasteiger partial charge in [0.15, 0.2) is 0 Å². The Labute approximate surface area is 47.7 Å². The van der Waals surface area contributed by atoms with Crippen LogP contribution in [-0.4, -0.2) is 19.1 Å². The maximum Gasteiger partial charge on any atom is 0.0839 e. The van der Waals surface area contributed by atoms with Crippen molar-refractivity contribution in [2.75, 3.05) is 13.1 Å². The fourth-order valence-electron chi connectivity index (χ4n) is 0.970. The van der Waals surface area contributed by atoms with Crippen LogP contribution in [-0.2, 0) is 4.79 Å². The van der Waals surface area contributed by atoms with Crippen molar-refractivity contribution < 1.29 is 15.2 Å². The number of carbonyl (C=O) groups excluding carboxylic acids is 1. The van der Waals surface area contributed by atoms with Crippen LogP contribution >= 0.6 is 0 Å². The number of nitrogens with two attached hydrogens (primary N) is 1. The van der Waals surface area contributed by atoms with E-state index >= 15 is 0 Å². The molecule has 1 aliphatic heterocycles. The monoisotopic (exact) mass is 115 g/mol. The molecule has 1 aliphatic rings. The number of aliphatic carboxylic acids is 1. The smallest absolute Gasteiger partial charge is 0.0839 e. The maximum absolute atomic E-state index is 10.1. The number of rotatable bonds is 1. The number of hydrogen-bond acceptors (Lipinski definition) is 2. The highest BCUT2D eigenvalue weighted by Gasteiger charge is 2.17. The van der Waals surface area contributed by atoms with Crippen LogP contribution in [0.15, 0.2) is 0 Å². The quantitative estimate of drug-likeness (QED) is 0.405. The predicted molar refractivity (Wildman–Crippen MR) is 24.8 cm³/mol. The van der Waals surface area contributed by atoms with E-state index in [1.54, 1.807) is 0 Å². The van der Waals surface area contributed by atoms with Crippen LogP contribution in [0, 0.1) is 5.92 Å². The maximum atomic E-state index is 10.1. The first-order valence-corrected chi connectivity index (χ1v) is 2.83. The zero-order valence-electron chi connectivity index (χ0n) is 4.59. The SMILES string of the molecule is O=C([O-])[C@H]1CC[NH2+]C1. The van der Waals surface area contributed by atoms with E-state index < -0.39 is 5.97 Å². The molecule has 1 atom stereocenters. The Bertz CT molecular complexity index is 96.6. The Morgan fingerprint density at radius 2 is 2.50 bits per heavy atom. The van der Waals surface area contributed by atoms with E-state index in [2.05, 4.69) is 0 Å². The van der Waals surface area contributed by atoms with E-state index in [1.165, 1.54) is 0 Å². The lowest BCUT2D eigenvalue weighted by atomic mass is 10.1. The molecule has 0 spiro atoms. The van der Waals surface area contributed by atoms with Gasteiger partial charge in [-0.05, 0) is 0 Å². The van der Waals surface area contributed by atoms with Crippen LogP contribution in [0.2, 0.25) is 0 Å². The molecule has 8 heavy (non-hydrogen) atoms. The van der Waals surface area contributed by atoms with E-state index in [0.29, 0.717) is 6.54 Å². The van der Waals surface area contributed by atoms with Crippen LogP contribution in [0.4, 0.5) is 0 Å². The number of carbonyl (C=O) groups is 1. The van der Waals surface area contributed by atoms with Gasteiger partial charge in [0.25, 0.3) is 0 Å². The summed E-state index contributed by atoms with van der Waals surface area (Å²) < 4.78 is 0. The fraction of sp³-hybridized carbons (Fsp3) is 0.800. The summed E-state index contributed by atoms with van der Waals surface area (Å²) in [5.41, 5.74) is 0. The zero-order valence-corrected chi connectivity index (χ0v) is 4.59. The third-order valence-electron chi connectivity index (χ3n) is 1.50. The highest BCUT2D eigenvalue weighted by atomic mass is 16.4. The van der Waals surface area contributed by atoms with E-state index in [9.17, 15) is 9.90 Å². The minimum Gasteiger partial charge on any atom is -0.550 e. The number of carboxylic acid groups (broad SMARTS) is 1. The van der Waals surface area contributed by atoms with Crippen molar-refractivity contribution in [1.82, 2.24) is 0 Å². The normalized spacial score (nSPS) is 28.2. The van der Waals surface area contributed by atoms with Crippen molar-refractivity contribution in [3.8, 4) is 0 Å². The van der Waals surface area contributed by atoms with Crippen molar-refractivity contribution in [3.63, 3.8) is 0 Å². The molecule has 46 valence electrons. The van der Waals surface area contributed by atoms with Crippen LogP contribution in [0.1, 0.15) is 6.42 Å². The highest BCUT2D eigenvalue weighted by molar-refractivity contribution is 5.67. The topological polar surface area (TPSA) is 56.7 Å². The number of quaternary nitrogens is 1. The third-order valence-corrected chi connectivity index (χ3v) is 1.50. The van der Waals surface area contributed by atoms with Gasteiger partial charge in [0.1, 0.15) is 0 Å². The molecule has 0 aliphatic carbocycles. The van der Waals surface area contributed by atoms with E-state index in [-0.39, 0.29) is 5.92 Å². The lowest BCUT2D eigenvalue weighted by Gasteiger charge is -2.03. The van der Waals surface area contributed by atoms with E-state index in [1.807, 2.05) is 5.32 Å². The first-order valence-electron chi connectivity index (χ1n) is 2.83. The van der Waals surface area contributed by atoms with Gasteiger partial charge in [0, 0.05) is 6.42 Å². The van der Waals surface area contributed by atoms with Crippen molar-refractivity contribution in [3.05, 3.63) is 0 Å². The molecule has 0 aromatic heterocycles. The van der Waals surface area contributed by atoms with Crippen molar-refractivity contribution in [2.45, 2.75) is 6.42 Å². The Morgan fingerprint density at radius 1 is 1.75 bits per heavy atom. The molecule has 0 amide bonds. The van der Waals surface area contributed by atoms with Gasteiger partial charge < -0.3 is 15.2 Å². The number of hydrogen-bond donors (Lipinski definition) is 1. The summed E-state index contributed by atoms with van der Waals surface area (Å²) in [5.74, 6) is -1.08. The number of carboxylic acids is 1. The van der Waals surface area contributed by atoms with Crippen LogP contribution in [0.5, 0.6) is 0 Å². The second-order valence-electron chi connectivity index (χ2n) is 2.12. The summed E-state index contributed by atoms with van der Waals surface area (Å²) in [6.45, 7) is 1.65. The van der Waals surface area contributed by atoms with Crippen molar-refractivity contribution >= 4 is 5.97 Å². The fourth-order valence-corrected chi connectivity index (χ4v) is 0.970. The molecule has 1 heterocycles. The molecule has 3 nitrogen and oxygen atoms in total.